The average molecular weight is 351 g/mol. The van der Waals surface area contributed by atoms with Crippen LogP contribution in [0, 0.1) is 27.7 Å². The molecule has 0 aliphatic heterocycles. The van der Waals surface area contributed by atoms with Crippen LogP contribution in [0.2, 0.25) is 0 Å². The number of rotatable bonds is 5. The second-order valence-electron chi connectivity index (χ2n) is 6.31. The van der Waals surface area contributed by atoms with Crippen molar-refractivity contribution in [2.24, 2.45) is 0 Å². The van der Waals surface area contributed by atoms with Gasteiger partial charge in [-0.25, -0.2) is 4.63 Å². The minimum Gasteiger partial charge on any atom is -0.483 e. The fraction of sp³-hybridized carbons (Fsp3) is 0.250. The Balaban J connectivity index is 1.72. The fourth-order valence-electron chi connectivity index (χ4n) is 2.63. The Kier molecular flexibility index (Phi) is 5.02. The Morgan fingerprint density at radius 2 is 1.88 bits per heavy atom. The van der Waals surface area contributed by atoms with Gasteiger partial charge in [0.25, 0.3) is 5.91 Å². The number of hydrogen-bond acceptors (Lipinski definition) is 5. The van der Waals surface area contributed by atoms with Crippen LogP contribution in [0.3, 0.4) is 0 Å². The van der Waals surface area contributed by atoms with Crippen molar-refractivity contribution in [2.45, 2.75) is 27.7 Å². The highest BCUT2D eigenvalue weighted by Crippen LogP contribution is 2.28. The second kappa shape index (κ2) is 7.39. The Morgan fingerprint density at radius 3 is 2.69 bits per heavy atom. The number of benzene rings is 2. The van der Waals surface area contributed by atoms with Crippen LogP contribution in [0.1, 0.15) is 22.3 Å². The van der Waals surface area contributed by atoms with Crippen molar-refractivity contribution in [1.29, 1.82) is 0 Å². The topological polar surface area (TPSA) is 77.3 Å². The van der Waals surface area contributed by atoms with Crippen LogP contribution in [-0.4, -0.2) is 22.8 Å². The van der Waals surface area contributed by atoms with E-state index in [-0.39, 0.29) is 18.3 Å². The first-order valence-electron chi connectivity index (χ1n) is 8.34. The smallest absolute Gasteiger partial charge is 0.263 e. The van der Waals surface area contributed by atoms with Gasteiger partial charge in [0.2, 0.25) is 5.82 Å². The van der Waals surface area contributed by atoms with Crippen LogP contribution in [0.5, 0.6) is 5.75 Å². The molecule has 134 valence electrons. The summed E-state index contributed by atoms with van der Waals surface area (Å²) in [5.74, 6) is 0.648. The van der Waals surface area contributed by atoms with Gasteiger partial charge in [-0.3, -0.25) is 4.79 Å². The van der Waals surface area contributed by atoms with E-state index in [1.807, 2.05) is 64.1 Å². The van der Waals surface area contributed by atoms with E-state index in [0.29, 0.717) is 11.4 Å². The summed E-state index contributed by atoms with van der Waals surface area (Å²) in [4.78, 5) is 12.3. The quantitative estimate of drug-likeness (QED) is 0.752. The maximum atomic E-state index is 12.3. The van der Waals surface area contributed by atoms with Crippen LogP contribution in [0.15, 0.2) is 41.0 Å². The molecule has 1 heterocycles. The standard InChI is InChI=1S/C20H21N3O3/c1-12-8-9-14(3)16(10-12)19-20(23-26-22-19)21-18(24)11-25-17-7-5-6-13(2)15(17)4/h5-10H,11H2,1-4H3,(H,21,23,24). The normalized spacial score (nSPS) is 10.6. The van der Waals surface area contributed by atoms with Gasteiger partial charge in [-0.15, -0.1) is 0 Å². The predicted octanol–water partition coefficient (Wildman–Crippen LogP) is 3.99. The maximum absolute atomic E-state index is 12.3. The Bertz CT molecular complexity index is 947. The van der Waals surface area contributed by atoms with Crippen LogP contribution in [-0.2, 0) is 4.79 Å². The number of ether oxygens (including phenoxy) is 1. The number of aryl methyl sites for hydroxylation is 3. The third kappa shape index (κ3) is 3.74. The zero-order valence-corrected chi connectivity index (χ0v) is 15.3. The number of carbonyl (C=O) groups is 1. The number of hydrogen-bond donors (Lipinski definition) is 1. The van der Waals surface area contributed by atoms with Crippen LogP contribution >= 0.6 is 0 Å². The lowest BCUT2D eigenvalue weighted by Crippen LogP contribution is -2.21. The number of amides is 1. The summed E-state index contributed by atoms with van der Waals surface area (Å²) in [5, 5.41) is 10.5. The summed E-state index contributed by atoms with van der Waals surface area (Å²) in [6.07, 6.45) is 0. The van der Waals surface area contributed by atoms with E-state index in [9.17, 15) is 4.79 Å². The zero-order valence-electron chi connectivity index (χ0n) is 15.3. The highest BCUT2D eigenvalue weighted by Gasteiger charge is 2.17. The van der Waals surface area contributed by atoms with E-state index in [2.05, 4.69) is 15.6 Å². The summed E-state index contributed by atoms with van der Waals surface area (Å²) in [6.45, 7) is 7.80. The van der Waals surface area contributed by atoms with E-state index < -0.39 is 0 Å². The van der Waals surface area contributed by atoms with Crippen LogP contribution in [0.25, 0.3) is 11.3 Å². The van der Waals surface area contributed by atoms with Crippen molar-refractivity contribution in [2.75, 3.05) is 11.9 Å². The molecular weight excluding hydrogens is 330 g/mol. The molecule has 0 atom stereocenters. The monoisotopic (exact) mass is 351 g/mol. The number of aromatic nitrogens is 2. The molecular formula is C20H21N3O3. The highest BCUT2D eigenvalue weighted by molar-refractivity contribution is 5.94. The molecule has 1 aromatic heterocycles. The van der Waals surface area contributed by atoms with Crippen molar-refractivity contribution in [3.05, 3.63) is 58.7 Å². The Morgan fingerprint density at radius 1 is 1.08 bits per heavy atom. The van der Waals surface area contributed by atoms with Crippen molar-refractivity contribution in [3.63, 3.8) is 0 Å². The van der Waals surface area contributed by atoms with Gasteiger partial charge in [0, 0.05) is 5.56 Å². The lowest BCUT2D eigenvalue weighted by molar-refractivity contribution is -0.118. The molecule has 0 fully saturated rings. The molecule has 0 radical (unpaired) electrons. The van der Waals surface area contributed by atoms with E-state index in [4.69, 9.17) is 9.37 Å². The molecule has 0 aliphatic carbocycles. The molecule has 0 bridgehead atoms. The van der Waals surface area contributed by atoms with Crippen molar-refractivity contribution >= 4 is 11.7 Å². The lowest BCUT2D eigenvalue weighted by atomic mass is 10.0. The summed E-state index contributed by atoms with van der Waals surface area (Å²) in [7, 11) is 0. The van der Waals surface area contributed by atoms with E-state index in [1.54, 1.807) is 0 Å². The minimum atomic E-state index is -0.326. The van der Waals surface area contributed by atoms with Gasteiger partial charge < -0.3 is 10.1 Å². The predicted molar refractivity (Wildman–Crippen MR) is 99.2 cm³/mol. The molecule has 0 spiro atoms. The van der Waals surface area contributed by atoms with Gasteiger partial charge in [-0.1, -0.05) is 29.8 Å². The molecule has 3 rings (SSSR count). The first kappa shape index (κ1) is 17.7. The molecule has 0 aliphatic rings. The summed E-state index contributed by atoms with van der Waals surface area (Å²) in [5.41, 5.74) is 5.61. The fourth-order valence-corrected chi connectivity index (χ4v) is 2.63. The third-order valence-electron chi connectivity index (χ3n) is 4.31. The molecule has 0 saturated carbocycles. The molecule has 3 aromatic rings. The third-order valence-corrected chi connectivity index (χ3v) is 4.31. The van der Waals surface area contributed by atoms with E-state index in [1.165, 1.54) is 0 Å². The summed E-state index contributed by atoms with van der Waals surface area (Å²) in [6, 6.07) is 11.7. The van der Waals surface area contributed by atoms with Crippen molar-refractivity contribution < 1.29 is 14.2 Å². The molecule has 1 N–H and O–H groups in total. The van der Waals surface area contributed by atoms with Gasteiger partial charge in [0.15, 0.2) is 12.3 Å². The first-order chi connectivity index (χ1) is 12.5. The molecule has 0 saturated heterocycles. The number of nitrogens with zero attached hydrogens (tertiary/aromatic N) is 2. The molecule has 6 heteroatoms. The van der Waals surface area contributed by atoms with Gasteiger partial charge in [0.1, 0.15) is 5.75 Å². The summed E-state index contributed by atoms with van der Waals surface area (Å²) >= 11 is 0. The van der Waals surface area contributed by atoms with Gasteiger partial charge in [-0.2, -0.15) is 0 Å². The average Bonchev–Trinajstić information content (AvgIpc) is 3.06. The molecule has 6 nitrogen and oxygen atoms in total. The lowest BCUT2D eigenvalue weighted by Gasteiger charge is -2.10. The van der Waals surface area contributed by atoms with Gasteiger partial charge >= 0.3 is 0 Å². The van der Waals surface area contributed by atoms with Gasteiger partial charge in [-0.05, 0) is 66.8 Å². The first-order valence-corrected chi connectivity index (χ1v) is 8.34. The molecule has 0 unspecified atom stereocenters. The van der Waals surface area contributed by atoms with E-state index in [0.717, 1.165) is 27.8 Å². The van der Waals surface area contributed by atoms with Crippen molar-refractivity contribution in [3.8, 4) is 17.0 Å². The highest BCUT2D eigenvalue weighted by atomic mass is 16.6. The largest absolute Gasteiger partial charge is 0.483 e. The SMILES string of the molecule is Cc1ccc(C)c(-c2nonc2NC(=O)COc2cccc(C)c2C)c1. The molecule has 26 heavy (non-hydrogen) atoms. The van der Waals surface area contributed by atoms with E-state index >= 15 is 0 Å². The zero-order chi connectivity index (χ0) is 18.7. The minimum absolute atomic E-state index is 0.122. The van der Waals surface area contributed by atoms with Crippen molar-refractivity contribution in [1.82, 2.24) is 10.3 Å². The van der Waals surface area contributed by atoms with Crippen LogP contribution < -0.4 is 10.1 Å². The number of anilines is 1. The van der Waals surface area contributed by atoms with Crippen LogP contribution in [0.4, 0.5) is 5.82 Å². The number of carbonyl (C=O) groups excluding carboxylic acids is 1. The Hall–Kier alpha value is -3.15. The molecule has 1 amide bonds. The number of nitrogens with one attached hydrogen (secondary N) is 1. The maximum Gasteiger partial charge on any atom is 0.263 e. The second-order valence-corrected chi connectivity index (χ2v) is 6.31. The van der Waals surface area contributed by atoms with Gasteiger partial charge in [0.05, 0.1) is 0 Å². The Labute approximate surface area is 152 Å². The molecule has 2 aromatic carbocycles. The summed E-state index contributed by atoms with van der Waals surface area (Å²) < 4.78 is 10.5.